The van der Waals surface area contributed by atoms with Gasteiger partial charge in [0.05, 0.1) is 5.29 Å². The van der Waals surface area contributed by atoms with E-state index in [4.69, 9.17) is 5.73 Å². The zero-order valence-corrected chi connectivity index (χ0v) is 6.19. The van der Waals surface area contributed by atoms with Crippen molar-refractivity contribution in [2.75, 3.05) is 13.1 Å². The maximum Gasteiger partial charge on any atom is 0.220 e. The van der Waals surface area contributed by atoms with E-state index >= 15 is 0 Å². The minimum Gasteiger partial charge on any atom is -0.369 e. The van der Waals surface area contributed by atoms with Gasteiger partial charge in [-0.2, -0.15) is 0 Å². The quantitative estimate of drug-likeness (QED) is 0.567. The zero-order valence-electron chi connectivity index (χ0n) is 6.19. The summed E-state index contributed by atoms with van der Waals surface area (Å²) < 4.78 is 0. The second-order valence-corrected chi connectivity index (χ2v) is 2.71. The van der Waals surface area contributed by atoms with Gasteiger partial charge in [0.25, 0.3) is 0 Å². The minimum absolute atomic E-state index is 0.0620. The molecule has 62 valence electrons. The summed E-state index contributed by atoms with van der Waals surface area (Å²) in [6.07, 6.45) is 1.31. The van der Waals surface area contributed by atoms with E-state index in [1.807, 2.05) is 0 Å². The number of rotatable bonds is 2. The molecule has 0 aromatic heterocycles. The third-order valence-electron chi connectivity index (χ3n) is 1.99. The van der Waals surface area contributed by atoms with Gasteiger partial charge in [-0.05, 0) is 12.8 Å². The highest BCUT2D eigenvalue weighted by molar-refractivity contribution is 5.76. The highest BCUT2D eigenvalue weighted by Crippen LogP contribution is 2.15. The summed E-state index contributed by atoms with van der Waals surface area (Å²) in [6, 6.07) is 0. The number of nitrogens with zero attached hydrogens (tertiary/aromatic N) is 2. The lowest BCUT2D eigenvalue weighted by molar-refractivity contribution is -0.123. The molecule has 0 atom stereocenters. The Morgan fingerprint density at radius 1 is 1.45 bits per heavy atom. The van der Waals surface area contributed by atoms with Crippen molar-refractivity contribution in [2.45, 2.75) is 12.8 Å². The monoisotopic (exact) mass is 157 g/mol. The fraction of sp³-hybridized carbons (Fsp3) is 0.833. The first kappa shape index (κ1) is 7.97. The summed E-state index contributed by atoms with van der Waals surface area (Å²) in [5.41, 5.74) is 5.09. The van der Waals surface area contributed by atoms with Crippen LogP contribution in [-0.2, 0) is 4.79 Å². The molecule has 0 radical (unpaired) electrons. The van der Waals surface area contributed by atoms with Crippen molar-refractivity contribution in [3.05, 3.63) is 4.91 Å². The first-order valence-corrected chi connectivity index (χ1v) is 3.61. The molecule has 1 rings (SSSR count). The largest absolute Gasteiger partial charge is 0.369 e. The van der Waals surface area contributed by atoms with Crippen molar-refractivity contribution in [1.82, 2.24) is 5.01 Å². The van der Waals surface area contributed by atoms with Gasteiger partial charge in [0, 0.05) is 19.0 Å². The molecule has 0 unspecified atom stereocenters. The molecular weight excluding hydrogens is 146 g/mol. The Kier molecular flexibility index (Phi) is 2.40. The van der Waals surface area contributed by atoms with Gasteiger partial charge in [0.15, 0.2) is 0 Å². The molecule has 0 bridgehead atoms. The normalized spacial score (nSPS) is 19.8. The van der Waals surface area contributed by atoms with Crippen LogP contribution in [0.2, 0.25) is 0 Å². The topological polar surface area (TPSA) is 75.8 Å². The SMILES string of the molecule is NC(=O)C1CCN(N=O)CC1. The molecule has 5 nitrogen and oxygen atoms in total. The molecule has 0 saturated carbocycles. The molecule has 0 aromatic carbocycles. The van der Waals surface area contributed by atoms with E-state index in [2.05, 4.69) is 5.29 Å². The van der Waals surface area contributed by atoms with Gasteiger partial charge in [-0.15, -0.1) is 4.91 Å². The fourth-order valence-electron chi connectivity index (χ4n) is 1.23. The van der Waals surface area contributed by atoms with Crippen molar-refractivity contribution in [1.29, 1.82) is 0 Å². The number of hydrogen-bond acceptors (Lipinski definition) is 3. The van der Waals surface area contributed by atoms with Crippen molar-refractivity contribution in [3.63, 3.8) is 0 Å². The van der Waals surface area contributed by atoms with Crippen LogP contribution >= 0.6 is 0 Å². The summed E-state index contributed by atoms with van der Waals surface area (Å²) in [4.78, 5) is 20.6. The Morgan fingerprint density at radius 3 is 2.36 bits per heavy atom. The molecule has 1 heterocycles. The third-order valence-corrected chi connectivity index (χ3v) is 1.99. The van der Waals surface area contributed by atoms with E-state index in [-0.39, 0.29) is 11.8 Å². The number of piperidine rings is 1. The van der Waals surface area contributed by atoms with Crippen molar-refractivity contribution in [2.24, 2.45) is 16.9 Å². The smallest absolute Gasteiger partial charge is 0.220 e. The van der Waals surface area contributed by atoms with E-state index < -0.39 is 0 Å². The Labute approximate surface area is 64.5 Å². The lowest BCUT2D eigenvalue weighted by Gasteiger charge is -2.25. The number of primary amides is 1. The molecule has 11 heavy (non-hydrogen) atoms. The highest BCUT2D eigenvalue weighted by atomic mass is 16.3. The molecule has 1 amide bonds. The van der Waals surface area contributed by atoms with E-state index in [1.165, 1.54) is 5.01 Å². The third kappa shape index (κ3) is 1.89. The minimum atomic E-state index is -0.268. The number of hydrogen-bond donors (Lipinski definition) is 1. The lowest BCUT2D eigenvalue weighted by Crippen LogP contribution is -2.35. The van der Waals surface area contributed by atoms with Gasteiger partial charge in [-0.3, -0.25) is 9.80 Å². The summed E-state index contributed by atoms with van der Waals surface area (Å²) in [7, 11) is 0. The molecule has 5 heteroatoms. The second kappa shape index (κ2) is 3.32. The Bertz CT molecular complexity index is 163. The predicted octanol–water partition coefficient (Wildman–Crippen LogP) is -0.135. The molecule has 0 aromatic rings. The number of nitroso groups, excluding NO2 is 1. The number of nitrogens with two attached hydrogens (primary N) is 1. The Balaban J connectivity index is 2.35. The molecule has 1 aliphatic heterocycles. The van der Waals surface area contributed by atoms with Crippen LogP contribution in [0.25, 0.3) is 0 Å². The molecule has 1 saturated heterocycles. The van der Waals surface area contributed by atoms with Crippen LogP contribution in [-0.4, -0.2) is 24.0 Å². The first-order chi connectivity index (χ1) is 5.24. The van der Waals surface area contributed by atoms with Gasteiger partial charge in [-0.1, -0.05) is 0 Å². The van der Waals surface area contributed by atoms with E-state index in [0.717, 1.165) is 0 Å². The highest BCUT2D eigenvalue weighted by Gasteiger charge is 2.22. The summed E-state index contributed by atoms with van der Waals surface area (Å²) in [6.45, 7) is 1.11. The van der Waals surface area contributed by atoms with Crippen LogP contribution in [0.1, 0.15) is 12.8 Å². The lowest BCUT2D eigenvalue weighted by atomic mass is 9.97. The average molecular weight is 157 g/mol. The maximum atomic E-state index is 10.6. The van der Waals surface area contributed by atoms with Crippen LogP contribution < -0.4 is 5.73 Å². The summed E-state index contributed by atoms with van der Waals surface area (Å²) >= 11 is 0. The average Bonchev–Trinajstić information content (AvgIpc) is 2.05. The van der Waals surface area contributed by atoms with Crippen LogP contribution in [0, 0.1) is 10.8 Å². The first-order valence-electron chi connectivity index (χ1n) is 3.61. The van der Waals surface area contributed by atoms with Gasteiger partial charge >= 0.3 is 0 Å². The van der Waals surface area contributed by atoms with Crippen molar-refractivity contribution >= 4 is 5.91 Å². The van der Waals surface area contributed by atoms with Crippen molar-refractivity contribution < 1.29 is 4.79 Å². The van der Waals surface area contributed by atoms with Crippen LogP contribution in [0.15, 0.2) is 5.29 Å². The molecule has 1 aliphatic rings. The van der Waals surface area contributed by atoms with Crippen LogP contribution in [0.3, 0.4) is 0 Å². The van der Waals surface area contributed by atoms with Gasteiger partial charge in [-0.25, -0.2) is 0 Å². The molecule has 2 N–H and O–H groups in total. The maximum absolute atomic E-state index is 10.6. The van der Waals surface area contributed by atoms with E-state index in [1.54, 1.807) is 0 Å². The van der Waals surface area contributed by atoms with Gasteiger partial charge in [0.2, 0.25) is 5.91 Å². The predicted molar refractivity (Wildman–Crippen MR) is 39.3 cm³/mol. The summed E-state index contributed by atoms with van der Waals surface area (Å²) in [5.74, 6) is -0.330. The van der Waals surface area contributed by atoms with Gasteiger partial charge < -0.3 is 5.73 Å². The fourth-order valence-corrected chi connectivity index (χ4v) is 1.23. The molecule has 0 spiro atoms. The zero-order chi connectivity index (χ0) is 8.27. The second-order valence-electron chi connectivity index (χ2n) is 2.71. The molecule has 0 aliphatic carbocycles. The van der Waals surface area contributed by atoms with E-state index in [0.29, 0.717) is 25.9 Å². The van der Waals surface area contributed by atoms with Crippen LogP contribution in [0.4, 0.5) is 0 Å². The van der Waals surface area contributed by atoms with Gasteiger partial charge in [0.1, 0.15) is 0 Å². The number of carbonyl (C=O) groups is 1. The Hall–Kier alpha value is -1.13. The Morgan fingerprint density at radius 2 is 2.00 bits per heavy atom. The van der Waals surface area contributed by atoms with E-state index in [9.17, 15) is 9.70 Å². The van der Waals surface area contributed by atoms with Crippen molar-refractivity contribution in [3.8, 4) is 0 Å². The molecular formula is C6H11N3O2. The standard InChI is InChI=1S/C6H11N3O2/c7-6(10)5-1-3-9(8-11)4-2-5/h5H,1-4H2,(H2,7,10). The number of amides is 1. The molecule has 1 fully saturated rings. The summed E-state index contributed by atoms with van der Waals surface area (Å²) in [5, 5.41) is 4.19. The number of carbonyl (C=O) groups excluding carboxylic acids is 1. The van der Waals surface area contributed by atoms with Crippen LogP contribution in [0.5, 0.6) is 0 Å².